The molecule has 20 rings (SSSR count). The third-order valence-electron chi connectivity index (χ3n) is 18.6. The third-order valence-corrected chi connectivity index (χ3v) is 22.4. The lowest BCUT2D eigenvalue weighted by atomic mass is 10.1. The minimum absolute atomic E-state index is 0.896. The summed E-state index contributed by atoms with van der Waals surface area (Å²) in [6.07, 6.45) is 0. The van der Waals surface area contributed by atoms with Gasteiger partial charge in [0, 0.05) is 143 Å². The van der Waals surface area contributed by atoms with Crippen LogP contribution in [0.3, 0.4) is 0 Å². The number of hydrogen-bond acceptors (Lipinski definition) is 7. The number of halogens is 3. The van der Waals surface area contributed by atoms with Gasteiger partial charge < -0.3 is 28.1 Å². The Kier molecular flexibility index (Phi) is 16.4. The molecule has 0 unspecified atom stereocenters. The lowest BCUT2D eigenvalue weighted by molar-refractivity contribution is 0.668. The third kappa shape index (κ3) is 11.8. The Hall–Kier alpha value is -11.0. The van der Waals surface area contributed by atoms with E-state index in [0.29, 0.717) is 0 Å². The number of nitrogens with zero attached hydrogens (tertiary/aromatic N) is 4. The van der Waals surface area contributed by atoms with E-state index in [1.165, 1.54) is 62.2 Å². The van der Waals surface area contributed by atoms with Gasteiger partial charge in [0.05, 0.1) is 11.0 Å². The molecule has 5 heterocycles. The van der Waals surface area contributed by atoms with E-state index < -0.39 is 0 Å². The van der Waals surface area contributed by atoms with Crippen molar-refractivity contribution in [3.8, 4) is 5.69 Å². The summed E-state index contributed by atoms with van der Waals surface area (Å²) in [5.41, 5.74) is 17.3. The molecule has 0 saturated heterocycles. The maximum Gasteiger partial charge on any atom is 0.135 e. The molecule has 20 aromatic rings. The van der Waals surface area contributed by atoms with E-state index in [0.717, 1.165) is 114 Å². The van der Waals surface area contributed by atoms with E-state index in [4.69, 9.17) is 8.83 Å². The molecule has 101 heavy (non-hydrogen) atoms. The minimum Gasteiger partial charge on any atom is -0.456 e. The summed E-state index contributed by atoms with van der Waals surface area (Å²) in [6.45, 7) is 0. The van der Waals surface area contributed by atoms with Crippen LogP contribution in [0, 0.1) is 0 Å². The molecule has 0 bridgehead atoms. The van der Waals surface area contributed by atoms with Crippen LogP contribution in [-0.2, 0) is 0 Å². The molecule has 0 fully saturated rings. The molecule has 0 atom stereocenters. The van der Waals surface area contributed by atoms with Crippen LogP contribution < -0.4 is 14.7 Å². The smallest absolute Gasteiger partial charge is 0.135 e. The van der Waals surface area contributed by atoms with E-state index >= 15 is 0 Å². The van der Waals surface area contributed by atoms with E-state index in [2.05, 4.69) is 376 Å². The molecule has 482 valence electrons. The molecule has 0 aliphatic carbocycles. The number of benzene rings is 15. The van der Waals surface area contributed by atoms with Gasteiger partial charge in [-0.15, -0.1) is 22.7 Å². The molecule has 0 amide bonds. The number of hydrogen-bond donors (Lipinski definition) is 0. The van der Waals surface area contributed by atoms with E-state index in [-0.39, 0.29) is 0 Å². The fourth-order valence-electron chi connectivity index (χ4n) is 14.1. The van der Waals surface area contributed by atoms with Gasteiger partial charge in [-0.05, 0) is 212 Å². The molecule has 0 saturated carbocycles. The standard InChI is InChI=1S/C36H23BrN2S.C30H18BrNOS.C24H16BrNO/c37-24-15-19-35-31(21-24)32-22-27(17-20-36(32)40-35)38(25-9-3-1-4-10-25)28-16-18-30-29-13-7-8-14-33(29)39(34(30)23-28)26-11-5-2-6-12-26;31-19-10-14-29-25(16-19)26-18-22(12-15-30(26)34-29)32(20-6-2-1-3-7-20)21-11-13-28-24(17-21)23-8-4-5-9-27(23)33-28;25-17-11-13-23-21(15-17)22-16-20(12-14-24(22)27-23)26(18-7-3-1-4-8-18)19-9-5-2-6-10-19/h1-23H;1-18H;1-16H. The highest BCUT2D eigenvalue weighted by Crippen LogP contribution is 2.47. The highest BCUT2D eigenvalue weighted by atomic mass is 79.9. The first-order valence-electron chi connectivity index (χ1n) is 33.2. The molecule has 0 radical (unpaired) electrons. The van der Waals surface area contributed by atoms with Gasteiger partial charge in [0.15, 0.2) is 0 Å². The number of rotatable bonds is 10. The second-order valence-electron chi connectivity index (χ2n) is 24.8. The minimum atomic E-state index is 0.896. The number of fused-ring (bicyclic) bond motifs is 15. The van der Waals surface area contributed by atoms with Crippen molar-refractivity contribution in [1.82, 2.24) is 4.57 Å². The van der Waals surface area contributed by atoms with Crippen LogP contribution in [0.25, 0.3) is 112 Å². The van der Waals surface area contributed by atoms with Crippen molar-refractivity contribution >= 4 is 228 Å². The molecule has 0 aliphatic heterocycles. The fourth-order valence-corrected chi connectivity index (χ4v) is 17.3. The highest BCUT2D eigenvalue weighted by molar-refractivity contribution is 9.11. The van der Waals surface area contributed by atoms with Gasteiger partial charge in [0.25, 0.3) is 0 Å². The SMILES string of the molecule is Brc1ccc2oc3ccc(N(c4ccccc4)c4ccccc4)cc3c2c1.Brc1ccc2sc3ccc(N(c4ccccc4)c4ccc5c6ccccc6n(-c6ccccc6)c5c4)cc3c2c1.Brc1ccc2sc3ccc(N(c4ccccc4)c4ccc5oc6ccccc6c5c4)cc3c2c1. The van der Waals surface area contributed by atoms with Crippen molar-refractivity contribution in [1.29, 1.82) is 0 Å². The van der Waals surface area contributed by atoms with Crippen LogP contribution in [0.4, 0.5) is 51.2 Å². The van der Waals surface area contributed by atoms with Crippen molar-refractivity contribution in [2.24, 2.45) is 0 Å². The van der Waals surface area contributed by atoms with Gasteiger partial charge in [-0.3, -0.25) is 0 Å². The Labute approximate surface area is 615 Å². The predicted molar refractivity (Wildman–Crippen MR) is 441 cm³/mol. The molecule has 0 spiro atoms. The van der Waals surface area contributed by atoms with Gasteiger partial charge in [-0.1, -0.05) is 181 Å². The van der Waals surface area contributed by atoms with E-state index in [1.54, 1.807) is 0 Å². The van der Waals surface area contributed by atoms with Gasteiger partial charge in [0.2, 0.25) is 0 Å². The Bertz CT molecular complexity index is 6430. The summed E-state index contributed by atoms with van der Waals surface area (Å²) in [7, 11) is 0. The normalized spacial score (nSPS) is 11.5. The molecule has 15 aromatic carbocycles. The van der Waals surface area contributed by atoms with Gasteiger partial charge in [-0.25, -0.2) is 0 Å². The zero-order chi connectivity index (χ0) is 67.5. The maximum atomic E-state index is 6.08. The van der Waals surface area contributed by atoms with E-state index in [1.807, 2.05) is 59.1 Å². The molecule has 5 aromatic heterocycles. The molecule has 6 nitrogen and oxygen atoms in total. The number of anilines is 9. The van der Waals surface area contributed by atoms with Crippen molar-refractivity contribution < 1.29 is 8.83 Å². The number of aromatic nitrogens is 1. The topological polar surface area (TPSA) is 40.9 Å². The number of para-hydroxylation sites is 7. The highest BCUT2D eigenvalue weighted by Gasteiger charge is 2.22. The molecule has 0 N–H and O–H groups in total. The molecule has 11 heteroatoms. The summed E-state index contributed by atoms with van der Waals surface area (Å²) in [5.74, 6) is 0. The second kappa shape index (κ2) is 26.6. The maximum absolute atomic E-state index is 6.08. The summed E-state index contributed by atoms with van der Waals surface area (Å²) in [6, 6.07) is 122. The van der Waals surface area contributed by atoms with Crippen LogP contribution in [0.2, 0.25) is 0 Å². The first-order chi connectivity index (χ1) is 49.8. The summed E-state index contributed by atoms with van der Waals surface area (Å²) >= 11 is 14.6. The predicted octanol–water partition coefficient (Wildman–Crippen LogP) is 29.4. The van der Waals surface area contributed by atoms with Crippen molar-refractivity contribution in [3.05, 3.63) is 359 Å². The molecular formula is C90H57Br3N4O2S2. The van der Waals surface area contributed by atoms with Crippen LogP contribution in [-0.4, -0.2) is 4.57 Å². The van der Waals surface area contributed by atoms with Crippen molar-refractivity contribution in [3.63, 3.8) is 0 Å². The first-order valence-corrected chi connectivity index (χ1v) is 37.3. The Morgan fingerprint density at radius 1 is 0.218 bits per heavy atom. The zero-order valence-electron chi connectivity index (χ0n) is 54.0. The second-order valence-corrected chi connectivity index (χ2v) is 29.7. The Morgan fingerprint density at radius 2 is 0.525 bits per heavy atom. The van der Waals surface area contributed by atoms with Crippen LogP contribution >= 0.6 is 70.5 Å². The average molecular weight is 1530 g/mol. The Morgan fingerprint density at radius 3 is 1.02 bits per heavy atom. The van der Waals surface area contributed by atoms with Crippen molar-refractivity contribution in [2.75, 3.05) is 14.7 Å². The number of thiophene rings is 2. The van der Waals surface area contributed by atoms with Gasteiger partial charge in [0.1, 0.15) is 22.3 Å². The zero-order valence-corrected chi connectivity index (χ0v) is 60.4. The fraction of sp³-hybridized carbons (Fsp3) is 0. The largest absolute Gasteiger partial charge is 0.456 e. The Balaban J connectivity index is 0.000000111. The molecular weight excluding hydrogens is 1470 g/mol. The quantitative estimate of drug-likeness (QED) is 0.136. The summed E-state index contributed by atoms with van der Waals surface area (Å²) in [4.78, 5) is 6.95. The van der Waals surface area contributed by atoms with Gasteiger partial charge >= 0.3 is 0 Å². The lowest BCUT2D eigenvalue weighted by Gasteiger charge is -2.26. The summed E-state index contributed by atoms with van der Waals surface area (Å²) in [5, 5.41) is 12.1. The van der Waals surface area contributed by atoms with Crippen LogP contribution in [0.5, 0.6) is 0 Å². The first kappa shape index (κ1) is 62.2. The van der Waals surface area contributed by atoms with Crippen LogP contribution in [0.1, 0.15) is 0 Å². The lowest BCUT2D eigenvalue weighted by Crippen LogP contribution is -2.09. The van der Waals surface area contributed by atoms with Gasteiger partial charge in [-0.2, -0.15) is 0 Å². The monoisotopic (exact) mass is 1530 g/mol. The molecule has 0 aliphatic rings. The van der Waals surface area contributed by atoms with Crippen LogP contribution in [0.15, 0.2) is 368 Å². The average Bonchev–Trinajstić information content (AvgIpc) is 1.61. The van der Waals surface area contributed by atoms with Crippen molar-refractivity contribution in [2.45, 2.75) is 0 Å². The van der Waals surface area contributed by atoms with E-state index in [9.17, 15) is 0 Å². The number of furan rings is 2. The summed E-state index contributed by atoms with van der Waals surface area (Å²) < 4.78 is 22.9.